The second-order valence-corrected chi connectivity index (χ2v) is 5.56. The average Bonchev–Trinajstić information content (AvgIpc) is 2.24. The zero-order chi connectivity index (χ0) is 10.7. The van der Waals surface area contributed by atoms with E-state index in [-0.39, 0.29) is 0 Å². The molecule has 0 aromatic heterocycles. The molecule has 0 saturated carbocycles. The number of rotatable bonds is 2. The molecule has 1 aliphatic rings. The number of benzene rings is 1. The normalized spacial score (nSPS) is 17.7. The summed E-state index contributed by atoms with van der Waals surface area (Å²) in [7, 11) is 0. The smallest absolute Gasteiger partial charge is 0.0487 e. The van der Waals surface area contributed by atoms with Gasteiger partial charge in [-0.05, 0) is 60.1 Å². The predicted molar refractivity (Wildman–Crippen MR) is 71.4 cm³/mol. The highest BCUT2D eigenvalue weighted by molar-refractivity contribution is 9.11. The summed E-state index contributed by atoms with van der Waals surface area (Å²) in [5.41, 5.74) is 1.19. The van der Waals surface area contributed by atoms with Crippen molar-refractivity contribution in [3.05, 3.63) is 27.1 Å². The summed E-state index contributed by atoms with van der Waals surface area (Å²) in [6, 6.07) is 6.84. The maximum absolute atomic E-state index is 3.57. The molecule has 0 aliphatic carbocycles. The van der Waals surface area contributed by atoms with Crippen LogP contribution in [0.2, 0.25) is 0 Å². The molecule has 0 unspecified atom stereocenters. The van der Waals surface area contributed by atoms with E-state index in [4.69, 9.17) is 0 Å². The third-order valence-corrected chi connectivity index (χ3v) is 3.78. The monoisotopic (exact) mass is 332 g/mol. The third-order valence-electron chi connectivity index (χ3n) is 2.63. The molecule has 2 N–H and O–H groups in total. The van der Waals surface area contributed by atoms with E-state index in [1.54, 1.807) is 0 Å². The van der Waals surface area contributed by atoms with Crippen molar-refractivity contribution in [2.45, 2.75) is 18.9 Å². The van der Waals surface area contributed by atoms with Crippen LogP contribution in [-0.4, -0.2) is 19.1 Å². The van der Waals surface area contributed by atoms with Gasteiger partial charge in [0.15, 0.2) is 0 Å². The van der Waals surface area contributed by atoms with Gasteiger partial charge in [-0.15, -0.1) is 0 Å². The van der Waals surface area contributed by atoms with Crippen LogP contribution >= 0.6 is 31.9 Å². The van der Waals surface area contributed by atoms with Gasteiger partial charge in [-0.25, -0.2) is 0 Å². The topological polar surface area (TPSA) is 24.1 Å². The molecule has 0 amide bonds. The maximum atomic E-state index is 3.57. The summed E-state index contributed by atoms with van der Waals surface area (Å²) in [6.07, 6.45) is 2.39. The lowest BCUT2D eigenvalue weighted by Gasteiger charge is -2.25. The minimum absolute atomic E-state index is 0.601. The van der Waals surface area contributed by atoms with E-state index in [1.807, 2.05) is 0 Å². The van der Waals surface area contributed by atoms with Crippen LogP contribution in [0.5, 0.6) is 0 Å². The Kier molecular flexibility index (Phi) is 4.05. The predicted octanol–water partition coefficient (Wildman–Crippen LogP) is 3.38. The van der Waals surface area contributed by atoms with Crippen LogP contribution in [0.1, 0.15) is 12.8 Å². The average molecular weight is 334 g/mol. The van der Waals surface area contributed by atoms with Gasteiger partial charge in [0.25, 0.3) is 0 Å². The summed E-state index contributed by atoms with van der Waals surface area (Å²) in [6.45, 7) is 2.23. The Balaban J connectivity index is 2.03. The van der Waals surface area contributed by atoms with Gasteiger partial charge in [-0.3, -0.25) is 0 Å². The maximum Gasteiger partial charge on any atom is 0.0487 e. The molecule has 82 valence electrons. The molecule has 1 fully saturated rings. The van der Waals surface area contributed by atoms with Gasteiger partial charge in [0, 0.05) is 20.7 Å². The molecular weight excluding hydrogens is 320 g/mol. The van der Waals surface area contributed by atoms with E-state index in [0.29, 0.717) is 6.04 Å². The highest BCUT2D eigenvalue weighted by atomic mass is 79.9. The lowest BCUT2D eigenvalue weighted by Crippen LogP contribution is -2.35. The number of halogens is 2. The first-order valence-electron chi connectivity index (χ1n) is 5.18. The van der Waals surface area contributed by atoms with Crippen molar-refractivity contribution in [1.82, 2.24) is 5.32 Å². The first-order chi connectivity index (χ1) is 7.25. The van der Waals surface area contributed by atoms with E-state index >= 15 is 0 Å². The molecule has 1 aromatic carbocycles. The van der Waals surface area contributed by atoms with Crippen molar-refractivity contribution < 1.29 is 0 Å². The van der Waals surface area contributed by atoms with Crippen LogP contribution in [0.15, 0.2) is 27.1 Å². The molecule has 15 heavy (non-hydrogen) atoms. The summed E-state index contributed by atoms with van der Waals surface area (Å²) >= 11 is 7.02. The summed E-state index contributed by atoms with van der Waals surface area (Å²) in [5.74, 6) is 0. The van der Waals surface area contributed by atoms with Gasteiger partial charge in [-0.1, -0.05) is 15.9 Å². The van der Waals surface area contributed by atoms with Crippen molar-refractivity contribution in [2.75, 3.05) is 18.4 Å². The molecule has 0 atom stereocenters. The van der Waals surface area contributed by atoms with Crippen molar-refractivity contribution in [3.8, 4) is 0 Å². The Morgan fingerprint density at radius 1 is 1.20 bits per heavy atom. The van der Waals surface area contributed by atoms with Crippen LogP contribution in [0.4, 0.5) is 5.69 Å². The molecule has 2 nitrogen and oxygen atoms in total. The van der Waals surface area contributed by atoms with Gasteiger partial charge in [0.1, 0.15) is 0 Å². The van der Waals surface area contributed by atoms with Crippen LogP contribution < -0.4 is 10.6 Å². The van der Waals surface area contributed by atoms with Gasteiger partial charge < -0.3 is 10.6 Å². The Morgan fingerprint density at radius 2 is 1.93 bits per heavy atom. The Hall–Kier alpha value is -0.0600. The molecule has 2 rings (SSSR count). The summed E-state index contributed by atoms with van der Waals surface area (Å²) < 4.78 is 2.22. The number of piperidine rings is 1. The molecular formula is C11H14Br2N2. The van der Waals surface area contributed by atoms with Gasteiger partial charge in [-0.2, -0.15) is 0 Å². The quantitative estimate of drug-likeness (QED) is 0.867. The second-order valence-electron chi connectivity index (χ2n) is 3.79. The fraction of sp³-hybridized carbons (Fsp3) is 0.455. The molecule has 1 saturated heterocycles. The Bertz CT molecular complexity index is 335. The molecule has 4 heteroatoms. The lowest BCUT2D eigenvalue weighted by molar-refractivity contribution is 0.479. The lowest BCUT2D eigenvalue weighted by atomic mass is 10.1. The molecule has 1 aliphatic heterocycles. The van der Waals surface area contributed by atoms with E-state index in [9.17, 15) is 0 Å². The SMILES string of the molecule is Brc1ccc(NC2CCNCC2)c(Br)c1. The standard InChI is InChI=1S/C11H14Br2N2/c12-8-1-2-11(10(13)7-8)15-9-3-5-14-6-4-9/h1-2,7,9,14-15H,3-6H2. The molecule has 0 radical (unpaired) electrons. The largest absolute Gasteiger partial charge is 0.381 e. The van der Waals surface area contributed by atoms with Gasteiger partial charge in [0.05, 0.1) is 0 Å². The first kappa shape index (κ1) is 11.4. The second kappa shape index (κ2) is 5.32. The number of anilines is 1. The molecule has 1 aromatic rings. The van der Waals surface area contributed by atoms with E-state index in [0.717, 1.165) is 22.0 Å². The highest BCUT2D eigenvalue weighted by Gasteiger charge is 2.13. The van der Waals surface area contributed by atoms with Gasteiger partial charge >= 0.3 is 0 Å². The fourth-order valence-electron chi connectivity index (χ4n) is 1.79. The number of nitrogens with one attached hydrogen (secondary N) is 2. The van der Waals surface area contributed by atoms with Crippen LogP contribution in [-0.2, 0) is 0 Å². The van der Waals surface area contributed by atoms with Crippen molar-refractivity contribution in [2.24, 2.45) is 0 Å². The number of hydrogen-bond acceptors (Lipinski definition) is 2. The molecule has 0 bridgehead atoms. The van der Waals surface area contributed by atoms with Crippen molar-refractivity contribution in [1.29, 1.82) is 0 Å². The van der Waals surface area contributed by atoms with E-state index in [2.05, 4.69) is 60.7 Å². The zero-order valence-electron chi connectivity index (χ0n) is 8.39. The van der Waals surface area contributed by atoms with Crippen LogP contribution in [0.25, 0.3) is 0 Å². The Morgan fingerprint density at radius 3 is 2.60 bits per heavy atom. The van der Waals surface area contributed by atoms with Crippen molar-refractivity contribution >= 4 is 37.5 Å². The Labute approximate surface area is 107 Å². The van der Waals surface area contributed by atoms with E-state index < -0.39 is 0 Å². The van der Waals surface area contributed by atoms with Crippen molar-refractivity contribution in [3.63, 3.8) is 0 Å². The fourth-order valence-corrected chi connectivity index (χ4v) is 2.95. The minimum Gasteiger partial charge on any atom is -0.381 e. The minimum atomic E-state index is 0.601. The summed E-state index contributed by atoms with van der Waals surface area (Å²) in [4.78, 5) is 0. The van der Waals surface area contributed by atoms with Crippen LogP contribution in [0.3, 0.4) is 0 Å². The van der Waals surface area contributed by atoms with E-state index in [1.165, 1.54) is 18.5 Å². The highest BCUT2D eigenvalue weighted by Crippen LogP contribution is 2.27. The van der Waals surface area contributed by atoms with Crippen LogP contribution in [0, 0.1) is 0 Å². The molecule has 0 spiro atoms. The first-order valence-corrected chi connectivity index (χ1v) is 6.76. The molecule has 1 heterocycles. The summed E-state index contributed by atoms with van der Waals surface area (Å²) in [5, 5.41) is 6.93. The zero-order valence-corrected chi connectivity index (χ0v) is 11.6. The van der Waals surface area contributed by atoms with Gasteiger partial charge in [0.2, 0.25) is 0 Å². The third kappa shape index (κ3) is 3.20. The number of hydrogen-bond donors (Lipinski definition) is 2.